The molecule has 0 radical (unpaired) electrons. The van der Waals surface area contributed by atoms with Gasteiger partial charge in [0.15, 0.2) is 5.82 Å². The zero-order chi connectivity index (χ0) is 26.9. The van der Waals surface area contributed by atoms with Crippen molar-refractivity contribution in [3.63, 3.8) is 0 Å². The fraction of sp³-hybridized carbons (Fsp3) is 0.379. The summed E-state index contributed by atoms with van der Waals surface area (Å²) in [4.78, 5) is 8.90. The van der Waals surface area contributed by atoms with Crippen LogP contribution in [0, 0.1) is 5.82 Å². The molecule has 0 saturated carbocycles. The second-order valence-electron chi connectivity index (χ2n) is 10.2. The number of aromatic nitrogens is 5. The summed E-state index contributed by atoms with van der Waals surface area (Å²) >= 11 is 0. The number of aryl methyl sites for hydroxylation is 2. The quantitative estimate of drug-likeness (QED) is 0.360. The van der Waals surface area contributed by atoms with Gasteiger partial charge in [0.05, 0.1) is 11.4 Å². The van der Waals surface area contributed by atoms with Crippen LogP contribution >= 0.6 is 0 Å². The van der Waals surface area contributed by atoms with Crippen molar-refractivity contribution >= 4 is 23.3 Å². The van der Waals surface area contributed by atoms with Gasteiger partial charge < -0.3 is 16.0 Å². The molecular weight excluding hydrogens is 493 g/mol. The first-order chi connectivity index (χ1) is 19.0. The van der Waals surface area contributed by atoms with Crippen molar-refractivity contribution in [2.45, 2.75) is 45.6 Å². The van der Waals surface area contributed by atoms with E-state index in [1.165, 1.54) is 16.3 Å². The summed E-state index contributed by atoms with van der Waals surface area (Å²) in [5.74, 6) is 0.677. The Hall–Kier alpha value is -4.05. The van der Waals surface area contributed by atoms with Gasteiger partial charge in [-0.25, -0.2) is 4.39 Å². The number of hydrogen-bond donors (Lipinski definition) is 2. The molecule has 0 spiro atoms. The molecule has 1 unspecified atom stereocenters. The third kappa shape index (κ3) is 4.92. The van der Waals surface area contributed by atoms with Gasteiger partial charge >= 0.3 is 0 Å². The molecule has 2 aromatic carbocycles. The van der Waals surface area contributed by atoms with E-state index in [4.69, 9.17) is 5.73 Å². The molecular formula is C29H34FN9. The Morgan fingerprint density at radius 3 is 2.69 bits per heavy atom. The lowest BCUT2D eigenvalue weighted by atomic mass is 10.0. The van der Waals surface area contributed by atoms with Crippen molar-refractivity contribution in [3.8, 4) is 17.1 Å². The second kappa shape index (κ2) is 10.6. The predicted octanol–water partition coefficient (Wildman–Crippen LogP) is 4.60. The van der Waals surface area contributed by atoms with Gasteiger partial charge in [0.25, 0.3) is 0 Å². The number of nitrogen functional groups attached to an aromatic ring is 1. The van der Waals surface area contributed by atoms with Crippen LogP contribution in [0.4, 0.5) is 27.7 Å². The van der Waals surface area contributed by atoms with Crippen LogP contribution in [0.1, 0.15) is 37.8 Å². The molecule has 1 aliphatic carbocycles. The van der Waals surface area contributed by atoms with E-state index < -0.39 is 0 Å². The molecule has 1 atom stereocenters. The largest absolute Gasteiger partial charge is 0.368 e. The maximum absolute atomic E-state index is 15.2. The van der Waals surface area contributed by atoms with E-state index in [0.29, 0.717) is 23.2 Å². The minimum atomic E-state index is -0.274. The number of benzene rings is 2. The van der Waals surface area contributed by atoms with Crippen LogP contribution in [0.15, 0.2) is 48.5 Å². The third-order valence-corrected chi connectivity index (χ3v) is 7.91. The van der Waals surface area contributed by atoms with E-state index in [1.807, 2.05) is 24.3 Å². The monoisotopic (exact) mass is 527 g/mol. The van der Waals surface area contributed by atoms with Gasteiger partial charge in [-0.15, -0.1) is 15.3 Å². The molecule has 9 nitrogen and oxygen atoms in total. The second-order valence-corrected chi connectivity index (χ2v) is 10.2. The number of fused-ring (bicyclic) bond motifs is 3. The van der Waals surface area contributed by atoms with E-state index in [9.17, 15) is 0 Å². The predicted molar refractivity (Wildman–Crippen MR) is 152 cm³/mol. The minimum absolute atomic E-state index is 0.178. The molecule has 10 heteroatoms. The first-order valence-corrected chi connectivity index (χ1v) is 13.8. The van der Waals surface area contributed by atoms with Gasteiger partial charge in [-0.1, -0.05) is 38.1 Å². The molecule has 2 aliphatic rings. The van der Waals surface area contributed by atoms with Crippen LogP contribution in [-0.2, 0) is 12.8 Å². The molecule has 1 saturated heterocycles. The Balaban J connectivity index is 1.19. The van der Waals surface area contributed by atoms with Gasteiger partial charge in [-0.05, 0) is 74.2 Å². The van der Waals surface area contributed by atoms with Crippen molar-refractivity contribution in [2.24, 2.45) is 0 Å². The maximum Gasteiger partial charge on any atom is 0.248 e. The number of likely N-dealkylation sites (N-methyl/N-ethyl adjacent to an activating group) is 1. The highest BCUT2D eigenvalue weighted by Crippen LogP contribution is 2.32. The Morgan fingerprint density at radius 2 is 1.87 bits per heavy atom. The fourth-order valence-corrected chi connectivity index (χ4v) is 5.89. The highest BCUT2D eigenvalue weighted by molar-refractivity contribution is 5.68. The molecule has 6 rings (SSSR count). The lowest BCUT2D eigenvalue weighted by Crippen LogP contribution is -2.37. The average Bonchev–Trinajstić information content (AvgIpc) is 3.51. The summed E-state index contributed by atoms with van der Waals surface area (Å²) in [7, 11) is 0. The van der Waals surface area contributed by atoms with E-state index >= 15 is 4.39 Å². The minimum Gasteiger partial charge on any atom is -0.368 e. The molecule has 202 valence electrons. The fourth-order valence-electron chi connectivity index (χ4n) is 5.89. The third-order valence-electron chi connectivity index (χ3n) is 7.91. The summed E-state index contributed by atoms with van der Waals surface area (Å²) < 4.78 is 16.6. The maximum atomic E-state index is 15.2. The van der Waals surface area contributed by atoms with E-state index in [0.717, 1.165) is 68.7 Å². The van der Waals surface area contributed by atoms with Crippen molar-refractivity contribution < 1.29 is 4.39 Å². The summed E-state index contributed by atoms with van der Waals surface area (Å²) in [5.41, 5.74) is 11.8. The summed E-state index contributed by atoms with van der Waals surface area (Å²) in [6.45, 7) is 8.05. The first-order valence-electron chi connectivity index (χ1n) is 13.8. The number of anilines is 4. The van der Waals surface area contributed by atoms with Crippen LogP contribution in [0.5, 0.6) is 0 Å². The average molecular weight is 528 g/mol. The SMILES string of the molecule is CCN(CC)C1CCN(c2ccc(Nc3nc(N)n(-c4cc5c(nn4)-c4ccccc4CCC5)n3)cc2F)C1. The van der Waals surface area contributed by atoms with E-state index in [2.05, 4.69) is 67.4 Å². The molecule has 0 amide bonds. The highest BCUT2D eigenvalue weighted by Gasteiger charge is 2.28. The molecule has 3 N–H and O–H groups in total. The Morgan fingerprint density at radius 1 is 1.05 bits per heavy atom. The Bertz CT molecular complexity index is 1480. The molecule has 2 aromatic heterocycles. The topological polar surface area (TPSA) is 101 Å². The van der Waals surface area contributed by atoms with Crippen molar-refractivity contribution in [1.29, 1.82) is 0 Å². The lowest BCUT2D eigenvalue weighted by molar-refractivity contribution is 0.232. The van der Waals surface area contributed by atoms with Crippen LogP contribution in [0.3, 0.4) is 0 Å². The molecule has 3 heterocycles. The zero-order valence-electron chi connectivity index (χ0n) is 22.4. The summed E-state index contributed by atoms with van der Waals surface area (Å²) in [6.07, 6.45) is 3.97. The van der Waals surface area contributed by atoms with Crippen molar-refractivity contribution in [1.82, 2.24) is 29.9 Å². The number of nitrogens with two attached hydrogens (primary N) is 1. The first kappa shape index (κ1) is 25.2. The molecule has 0 bridgehead atoms. The highest BCUT2D eigenvalue weighted by atomic mass is 19.1. The normalized spacial score (nSPS) is 16.7. The van der Waals surface area contributed by atoms with Crippen molar-refractivity contribution in [2.75, 3.05) is 42.1 Å². The number of nitrogens with one attached hydrogen (secondary N) is 1. The number of rotatable bonds is 7. The smallest absolute Gasteiger partial charge is 0.248 e. The summed E-state index contributed by atoms with van der Waals surface area (Å²) in [5, 5.41) is 16.5. The number of halogens is 1. The molecule has 1 aliphatic heterocycles. The van der Waals surface area contributed by atoms with Crippen LogP contribution in [-0.4, -0.2) is 62.1 Å². The number of hydrogen-bond acceptors (Lipinski definition) is 8. The van der Waals surface area contributed by atoms with E-state index in [-0.39, 0.29) is 17.7 Å². The van der Waals surface area contributed by atoms with Crippen molar-refractivity contribution in [3.05, 3.63) is 65.5 Å². The van der Waals surface area contributed by atoms with E-state index in [1.54, 1.807) is 0 Å². The van der Waals surface area contributed by atoms with Gasteiger partial charge in [0.1, 0.15) is 5.82 Å². The van der Waals surface area contributed by atoms with Gasteiger partial charge in [0.2, 0.25) is 11.9 Å². The molecule has 4 aromatic rings. The Kier molecular flexibility index (Phi) is 6.86. The molecule has 1 fully saturated rings. The standard InChI is InChI=1S/C29H34FN9/c1-3-37(4-2)22-14-15-38(18-22)25-13-12-21(17-24(25)30)32-29-33-28(31)39(36-29)26-16-20-10-7-9-19-8-5-6-11-23(19)27(20)35-34-26/h5-6,8,11-13,16-17,22H,3-4,7,9-10,14-15,18H2,1-2H3,(H3,31,32,33,36). The number of nitrogens with zero attached hydrogens (tertiary/aromatic N) is 7. The van der Waals surface area contributed by atoms with Gasteiger partial charge in [0, 0.05) is 30.4 Å². The molecule has 39 heavy (non-hydrogen) atoms. The lowest BCUT2D eigenvalue weighted by Gasteiger charge is -2.26. The summed E-state index contributed by atoms with van der Waals surface area (Å²) in [6, 6.07) is 15.9. The van der Waals surface area contributed by atoms with Crippen LogP contribution in [0.25, 0.3) is 17.1 Å². The van der Waals surface area contributed by atoms with Crippen LogP contribution in [0.2, 0.25) is 0 Å². The van der Waals surface area contributed by atoms with Gasteiger partial charge in [-0.2, -0.15) is 9.67 Å². The van der Waals surface area contributed by atoms with Crippen LogP contribution < -0.4 is 16.0 Å². The van der Waals surface area contributed by atoms with Gasteiger partial charge in [-0.3, -0.25) is 4.90 Å². The Labute approximate surface area is 227 Å². The zero-order valence-corrected chi connectivity index (χ0v) is 22.4.